The molecule has 0 unspecified atom stereocenters. The maximum atomic E-state index is 12.7. The Hall–Kier alpha value is -1.62. The highest BCUT2D eigenvalue weighted by atomic mass is 16.1. The van der Waals surface area contributed by atoms with Gasteiger partial charge in [-0.05, 0) is 31.2 Å². The van der Waals surface area contributed by atoms with Gasteiger partial charge < -0.3 is 0 Å². The molecule has 86 valence electrons. The van der Waals surface area contributed by atoms with Crippen LogP contribution < -0.4 is 0 Å². The number of benzene rings is 1. The Morgan fingerprint density at radius 1 is 1.29 bits per heavy atom. The second-order valence-electron chi connectivity index (χ2n) is 5.22. The van der Waals surface area contributed by atoms with Crippen LogP contribution in [0, 0.1) is 22.7 Å². The first kappa shape index (κ1) is 10.5. The SMILES string of the molecule is N#C[C@H]1CCC[C@@]12CCc1ccccc1C2=O. The van der Waals surface area contributed by atoms with Gasteiger partial charge in [-0.15, -0.1) is 0 Å². The van der Waals surface area contributed by atoms with Gasteiger partial charge in [0.25, 0.3) is 0 Å². The second kappa shape index (κ2) is 3.70. The summed E-state index contributed by atoms with van der Waals surface area (Å²) in [5.74, 6) is 0.159. The highest BCUT2D eigenvalue weighted by Crippen LogP contribution is 2.51. The number of fused-ring (bicyclic) bond motifs is 1. The molecule has 17 heavy (non-hydrogen) atoms. The van der Waals surface area contributed by atoms with Crippen molar-refractivity contribution in [3.63, 3.8) is 0 Å². The number of carbonyl (C=O) groups excluding carboxylic acids is 1. The molecule has 1 spiro atoms. The zero-order valence-corrected chi connectivity index (χ0v) is 9.78. The summed E-state index contributed by atoms with van der Waals surface area (Å²) in [6, 6.07) is 10.2. The van der Waals surface area contributed by atoms with E-state index >= 15 is 0 Å². The quantitative estimate of drug-likeness (QED) is 0.680. The Morgan fingerprint density at radius 2 is 2.12 bits per heavy atom. The monoisotopic (exact) mass is 225 g/mol. The van der Waals surface area contributed by atoms with Crippen molar-refractivity contribution < 1.29 is 4.79 Å². The van der Waals surface area contributed by atoms with Crippen molar-refractivity contribution in [3.05, 3.63) is 35.4 Å². The molecule has 0 radical (unpaired) electrons. The van der Waals surface area contributed by atoms with Crippen LogP contribution in [0.4, 0.5) is 0 Å². The van der Waals surface area contributed by atoms with Crippen molar-refractivity contribution in [3.8, 4) is 6.07 Å². The van der Waals surface area contributed by atoms with E-state index in [2.05, 4.69) is 6.07 Å². The normalized spacial score (nSPS) is 31.2. The van der Waals surface area contributed by atoms with Gasteiger partial charge in [0.1, 0.15) is 0 Å². The Balaban J connectivity index is 2.08. The van der Waals surface area contributed by atoms with Crippen molar-refractivity contribution >= 4 is 5.78 Å². The first-order chi connectivity index (χ1) is 8.28. The minimum absolute atomic E-state index is 0.0663. The molecule has 1 saturated carbocycles. The number of Topliss-reactive ketones (excluding diaryl/α,β-unsaturated/α-hetero) is 1. The molecule has 0 N–H and O–H groups in total. The van der Waals surface area contributed by atoms with Crippen molar-refractivity contribution in [2.45, 2.75) is 32.1 Å². The zero-order valence-electron chi connectivity index (χ0n) is 9.78. The van der Waals surface area contributed by atoms with Crippen LogP contribution in [0.25, 0.3) is 0 Å². The van der Waals surface area contributed by atoms with Crippen LogP contribution >= 0.6 is 0 Å². The van der Waals surface area contributed by atoms with Gasteiger partial charge >= 0.3 is 0 Å². The average Bonchev–Trinajstić information content (AvgIpc) is 2.78. The molecule has 2 atom stereocenters. The van der Waals surface area contributed by atoms with E-state index in [0.29, 0.717) is 0 Å². The summed E-state index contributed by atoms with van der Waals surface area (Å²) in [5.41, 5.74) is 1.66. The second-order valence-corrected chi connectivity index (χ2v) is 5.22. The van der Waals surface area contributed by atoms with E-state index in [9.17, 15) is 10.1 Å². The van der Waals surface area contributed by atoms with E-state index in [4.69, 9.17) is 0 Å². The predicted octanol–water partition coefficient (Wildman–Crippen LogP) is 3.13. The molecule has 2 aliphatic rings. The van der Waals surface area contributed by atoms with Crippen molar-refractivity contribution in [1.82, 2.24) is 0 Å². The number of carbonyl (C=O) groups is 1. The summed E-state index contributed by atoms with van der Waals surface area (Å²) in [5, 5.41) is 9.25. The van der Waals surface area contributed by atoms with Gasteiger partial charge in [-0.1, -0.05) is 30.7 Å². The fourth-order valence-electron chi connectivity index (χ4n) is 3.53. The number of nitrogens with zero attached hydrogens (tertiary/aromatic N) is 1. The summed E-state index contributed by atoms with van der Waals surface area (Å²) in [7, 11) is 0. The van der Waals surface area contributed by atoms with Crippen LogP contribution in [0.5, 0.6) is 0 Å². The highest BCUT2D eigenvalue weighted by Gasteiger charge is 2.50. The molecule has 0 saturated heterocycles. The van der Waals surface area contributed by atoms with Gasteiger partial charge in [0.15, 0.2) is 5.78 Å². The lowest BCUT2D eigenvalue weighted by Crippen LogP contribution is -2.38. The Morgan fingerprint density at radius 3 is 2.94 bits per heavy atom. The summed E-state index contributed by atoms with van der Waals surface area (Å²) < 4.78 is 0. The molecule has 2 nitrogen and oxygen atoms in total. The lowest BCUT2D eigenvalue weighted by molar-refractivity contribution is 0.0718. The topological polar surface area (TPSA) is 40.9 Å². The summed E-state index contributed by atoms with van der Waals surface area (Å²) in [6.07, 6.45) is 4.62. The average molecular weight is 225 g/mol. The maximum Gasteiger partial charge on any atom is 0.170 e. The van der Waals surface area contributed by atoms with Crippen LogP contribution in [0.2, 0.25) is 0 Å². The van der Waals surface area contributed by atoms with E-state index in [-0.39, 0.29) is 17.1 Å². The van der Waals surface area contributed by atoms with Gasteiger partial charge in [-0.2, -0.15) is 5.26 Å². The third kappa shape index (κ3) is 1.35. The molecule has 1 aromatic carbocycles. The Kier molecular flexibility index (Phi) is 2.29. The van der Waals surface area contributed by atoms with E-state index in [0.717, 1.165) is 43.2 Å². The Labute approximate surface area is 101 Å². The minimum atomic E-state index is -0.358. The van der Waals surface area contributed by atoms with Gasteiger partial charge in [0.2, 0.25) is 0 Å². The molecule has 2 aliphatic carbocycles. The number of rotatable bonds is 0. The van der Waals surface area contributed by atoms with E-state index in [1.54, 1.807) is 0 Å². The molecular formula is C15H15NO. The lowest BCUT2D eigenvalue weighted by Gasteiger charge is -2.35. The summed E-state index contributed by atoms with van der Waals surface area (Å²) in [6.45, 7) is 0. The smallest absolute Gasteiger partial charge is 0.170 e. The number of aryl methyl sites for hydroxylation is 1. The van der Waals surface area contributed by atoms with Crippen molar-refractivity contribution in [2.24, 2.45) is 11.3 Å². The molecule has 0 aromatic heterocycles. The summed E-state index contributed by atoms with van der Waals surface area (Å²) in [4.78, 5) is 12.7. The summed E-state index contributed by atoms with van der Waals surface area (Å²) >= 11 is 0. The zero-order chi connectivity index (χ0) is 11.9. The number of nitriles is 1. The van der Waals surface area contributed by atoms with E-state index in [1.807, 2.05) is 24.3 Å². The molecule has 0 amide bonds. The largest absolute Gasteiger partial charge is 0.293 e. The molecule has 0 heterocycles. The first-order valence-corrected chi connectivity index (χ1v) is 6.30. The lowest BCUT2D eigenvalue weighted by atomic mass is 9.65. The number of ketones is 1. The molecule has 0 bridgehead atoms. The van der Waals surface area contributed by atoms with Gasteiger partial charge in [-0.3, -0.25) is 4.79 Å². The third-order valence-corrected chi connectivity index (χ3v) is 4.49. The van der Waals surface area contributed by atoms with E-state index in [1.165, 1.54) is 0 Å². The third-order valence-electron chi connectivity index (χ3n) is 4.49. The standard InChI is InChI=1S/C15H15NO/c16-10-12-5-3-8-15(12)9-7-11-4-1-2-6-13(11)14(15)17/h1-2,4,6,12H,3,5,7-9H2/t12-,15-/m1/s1. The fraction of sp³-hybridized carbons (Fsp3) is 0.467. The van der Waals surface area contributed by atoms with Gasteiger partial charge in [-0.25, -0.2) is 0 Å². The number of hydrogen-bond donors (Lipinski definition) is 0. The molecule has 3 rings (SSSR count). The van der Waals surface area contributed by atoms with Gasteiger partial charge in [0, 0.05) is 11.0 Å². The van der Waals surface area contributed by atoms with Crippen LogP contribution in [-0.4, -0.2) is 5.78 Å². The highest BCUT2D eigenvalue weighted by molar-refractivity contribution is 6.03. The Bertz CT molecular complexity index is 514. The molecule has 0 aliphatic heterocycles. The maximum absolute atomic E-state index is 12.7. The van der Waals surface area contributed by atoms with Crippen LogP contribution in [-0.2, 0) is 6.42 Å². The van der Waals surface area contributed by atoms with Gasteiger partial charge in [0.05, 0.1) is 12.0 Å². The first-order valence-electron chi connectivity index (χ1n) is 6.30. The van der Waals surface area contributed by atoms with Crippen molar-refractivity contribution in [2.75, 3.05) is 0 Å². The molecule has 2 heteroatoms. The van der Waals surface area contributed by atoms with E-state index < -0.39 is 0 Å². The number of hydrogen-bond acceptors (Lipinski definition) is 2. The fourth-order valence-corrected chi connectivity index (χ4v) is 3.53. The molecule has 1 aromatic rings. The molecular weight excluding hydrogens is 210 g/mol. The molecule has 1 fully saturated rings. The van der Waals surface area contributed by atoms with Crippen LogP contribution in [0.15, 0.2) is 24.3 Å². The minimum Gasteiger partial charge on any atom is -0.293 e. The van der Waals surface area contributed by atoms with Crippen LogP contribution in [0.3, 0.4) is 0 Å². The predicted molar refractivity (Wildman–Crippen MR) is 64.5 cm³/mol. The van der Waals surface area contributed by atoms with Crippen molar-refractivity contribution in [1.29, 1.82) is 5.26 Å². The van der Waals surface area contributed by atoms with Crippen LogP contribution in [0.1, 0.15) is 41.6 Å².